The van der Waals surface area contributed by atoms with Crippen molar-refractivity contribution in [3.05, 3.63) is 95.6 Å². The standard InChI is InChI=1S/C24H27N3O/c25-21-12-4-10-19(15-21)23-17-24(27-26-23)20-11-5-13-22(16-20)28-14-6-9-18-7-2-1-3-8-18/h1-5,7-8,10-13,15-16,23-24,26-27H,6,9,14,17,25H2. The predicted octanol–water partition coefficient (Wildman–Crippen LogP) is 4.56. The monoisotopic (exact) mass is 373 g/mol. The van der Waals surface area contributed by atoms with Crippen molar-refractivity contribution in [2.24, 2.45) is 0 Å². The number of benzene rings is 3. The van der Waals surface area contributed by atoms with Crippen molar-refractivity contribution in [3.8, 4) is 5.75 Å². The van der Waals surface area contributed by atoms with Crippen LogP contribution >= 0.6 is 0 Å². The van der Waals surface area contributed by atoms with E-state index in [4.69, 9.17) is 10.5 Å². The summed E-state index contributed by atoms with van der Waals surface area (Å²) in [4.78, 5) is 0. The molecule has 4 heteroatoms. The van der Waals surface area contributed by atoms with Crippen molar-refractivity contribution in [3.63, 3.8) is 0 Å². The third kappa shape index (κ3) is 4.71. The van der Waals surface area contributed by atoms with Gasteiger partial charge in [-0.3, -0.25) is 0 Å². The fourth-order valence-corrected chi connectivity index (χ4v) is 3.70. The SMILES string of the molecule is Nc1cccc(C2CC(c3cccc(OCCCc4ccccc4)c3)NN2)c1. The molecule has 4 N–H and O–H groups in total. The minimum absolute atomic E-state index is 0.249. The summed E-state index contributed by atoms with van der Waals surface area (Å²) in [7, 11) is 0. The molecule has 3 aromatic carbocycles. The first-order valence-electron chi connectivity index (χ1n) is 9.91. The van der Waals surface area contributed by atoms with Crippen molar-refractivity contribution in [1.29, 1.82) is 0 Å². The number of aryl methyl sites for hydroxylation is 1. The lowest BCUT2D eigenvalue weighted by atomic mass is 9.97. The first kappa shape index (κ1) is 18.5. The molecule has 0 amide bonds. The Hall–Kier alpha value is -2.82. The van der Waals surface area contributed by atoms with E-state index in [0.717, 1.165) is 37.3 Å². The van der Waals surface area contributed by atoms with Crippen LogP contribution in [0, 0.1) is 0 Å². The number of nitrogens with one attached hydrogen (secondary N) is 2. The molecule has 0 radical (unpaired) electrons. The summed E-state index contributed by atoms with van der Waals surface area (Å²) >= 11 is 0. The van der Waals surface area contributed by atoms with Crippen LogP contribution in [0.4, 0.5) is 5.69 Å². The molecule has 4 nitrogen and oxygen atoms in total. The van der Waals surface area contributed by atoms with Gasteiger partial charge in [0.2, 0.25) is 0 Å². The van der Waals surface area contributed by atoms with Gasteiger partial charge in [0.1, 0.15) is 5.75 Å². The molecular formula is C24H27N3O. The van der Waals surface area contributed by atoms with E-state index >= 15 is 0 Å². The lowest BCUT2D eigenvalue weighted by Crippen LogP contribution is -2.26. The normalized spacial score (nSPS) is 18.9. The quantitative estimate of drug-likeness (QED) is 0.420. The van der Waals surface area contributed by atoms with Crippen LogP contribution in [-0.4, -0.2) is 6.61 Å². The summed E-state index contributed by atoms with van der Waals surface area (Å²) in [6, 6.07) is 27.5. The number of ether oxygens (including phenoxy) is 1. The van der Waals surface area contributed by atoms with Crippen LogP contribution in [0.15, 0.2) is 78.9 Å². The van der Waals surface area contributed by atoms with Crippen molar-refractivity contribution < 1.29 is 4.74 Å². The largest absolute Gasteiger partial charge is 0.494 e. The minimum Gasteiger partial charge on any atom is -0.494 e. The Morgan fingerprint density at radius 3 is 2.29 bits per heavy atom. The van der Waals surface area contributed by atoms with Gasteiger partial charge in [-0.25, -0.2) is 10.9 Å². The molecule has 1 saturated heterocycles. The average molecular weight is 373 g/mol. The molecule has 0 spiro atoms. The first-order valence-corrected chi connectivity index (χ1v) is 9.91. The molecular weight excluding hydrogens is 346 g/mol. The summed E-state index contributed by atoms with van der Waals surface area (Å²) in [5, 5.41) is 0. The Bertz CT molecular complexity index is 897. The lowest BCUT2D eigenvalue weighted by Gasteiger charge is -2.13. The van der Waals surface area contributed by atoms with Gasteiger partial charge in [0.15, 0.2) is 0 Å². The number of anilines is 1. The zero-order valence-electron chi connectivity index (χ0n) is 16.0. The molecule has 2 unspecified atom stereocenters. The van der Waals surface area contributed by atoms with E-state index < -0.39 is 0 Å². The number of rotatable bonds is 7. The molecule has 1 aliphatic rings. The van der Waals surface area contributed by atoms with Crippen molar-refractivity contribution in [1.82, 2.24) is 10.9 Å². The highest BCUT2D eigenvalue weighted by atomic mass is 16.5. The summed E-state index contributed by atoms with van der Waals surface area (Å²) < 4.78 is 5.99. The number of nitrogen functional groups attached to an aromatic ring is 1. The van der Waals surface area contributed by atoms with Gasteiger partial charge in [-0.2, -0.15) is 0 Å². The molecule has 1 heterocycles. The van der Waals surface area contributed by atoms with Gasteiger partial charge >= 0.3 is 0 Å². The van der Waals surface area contributed by atoms with Gasteiger partial charge in [-0.15, -0.1) is 0 Å². The minimum atomic E-state index is 0.249. The lowest BCUT2D eigenvalue weighted by molar-refractivity contribution is 0.310. The molecule has 1 aliphatic heterocycles. The topological polar surface area (TPSA) is 59.3 Å². The zero-order valence-corrected chi connectivity index (χ0v) is 16.0. The molecule has 0 saturated carbocycles. The molecule has 0 bridgehead atoms. The van der Waals surface area contributed by atoms with Crippen molar-refractivity contribution in [2.75, 3.05) is 12.3 Å². The fraction of sp³-hybridized carbons (Fsp3) is 0.250. The second kappa shape index (κ2) is 8.91. The van der Waals surface area contributed by atoms with Gasteiger partial charge in [-0.1, -0.05) is 54.6 Å². The molecule has 2 atom stereocenters. The van der Waals surface area contributed by atoms with Crippen LogP contribution in [0.25, 0.3) is 0 Å². The average Bonchev–Trinajstić information content (AvgIpc) is 3.23. The maximum absolute atomic E-state index is 5.99. The van der Waals surface area contributed by atoms with Gasteiger partial charge < -0.3 is 10.5 Å². The summed E-state index contributed by atoms with van der Waals surface area (Å²) in [6.07, 6.45) is 3.02. The van der Waals surface area contributed by atoms with E-state index in [1.165, 1.54) is 16.7 Å². The van der Waals surface area contributed by atoms with E-state index in [9.17, 15) is 0 Å². The maximum atomic E-state index is 5.99. The van der Waals surface area contributed by atoms with E-state index in [0.29, 0.717) is 0 Å². The Morgan fingerprint density at radius 1 is 0.821 bits per heavy atom. The van der Waals surface area contributed by atoms with Crippen LogP contribution in [0.1, 0.15) is 41.6 Å². The van der Waals surface area contributed by atoms with Gasteiger partial charge in [0.05, 0.1) is 6.61 Å². The van der Waals surface area contributed by atoms with Crippen LogP contribution in [0.2, 0.25) is 0 Å². The molecule has 3 aromatic rings. The Balaban J connectivity index is 1.31. The molecule has 0 aromatic heterocycles. The van der Waals surface area contributed by atoms with E-state index in [1.807, 2.05) is 24.3 Å². The third-order valence-electron chi connectivity index (χ3n) is 5.20. The fourth-order valence-electron chi connectivity index (χ4n) is 3.70. The van der Waals surface area contributed by atoms with Gasteiger partial charge in [0, 0.05) is 17.8 Å². The van der Waals surface area contributed by atoms with Crippen LogP contribution < -0.4 is 21.3 Å². The summed E-state index contributed by atoms with van der Waals surface area (Å²) in [6.45, 7) is 0.723. The van der Waals surface area contributed by atoms with E-state index in [-0.39, 0.29) is 12.1 Å². The predicted molar refractivity (Wildman–Crippen MR) is 114 cm³/mol. The van der Waals surface area contributed by atoms with Crippen LogP contribution in [0.3, 0.4) is 0 Å². The van der Waals surface area contributed by atoms with Crippen LogP contribution in [0.5, 0.6) is 5.75 Å². The van der Waals surface area contributed by atoms with Crippen molar-refractivity contribution >= 4 is 5.69 Å². The van der Waals surface area contributed by atoms with E-state index in [1.54, 1.807) is 0 Å². The van der Waals surface area contributed by atoms with Gasteiger partial charge in [-0.05, 0) is 60.2 Å². The number of hydrogen-bond donors (Lipinski definition) is 3. The van der Waals surface area contributed by atoms with E-state index in [2.05, 4.69) is 65.4 Å². The Morgan fingerprint density at radius 2 is 1.54 bits per heavy atom. The van der Waals surface area contributed by atoms with Crippen LogP contribution in [-0.2, 0) is 6.42 Å². The molecule has 4 rings (SSSR count). The zero-order chi connectivity index (χ0) is 19.2. The molecule has 1 fully saturated rings. The Kier molecular flexibility index (Phi) is 5.90. The second-order valence-corrected chi connectivity index (χ2v) is 7.31. The second-order valence-electron chi connectivity index (χ2n) is 7.31. The maximum Gasteiger partial charge on any atom is 0.119 e. The van der Waals surface area contributed by atoms with Gasteiger partial charge in [0.25, 0.3) is 0 Å². The molecule has 28 heavy (non-hydrogen) atoms. The number of hydrazine groups is 1. The number of nitrogens with two attached hydrogens (primary N) is 1. The number of hydrogen-bond acceptors (Lipinski definition) is 4. The highest BCUT2D eigenvalue weighted by Gasteiger charge is 2.26. The molecule has 0 aliphatic carbocycles. The third-order valence-corrected chi connectivity index (χ3v) is 5.20. The highest BCUT2D eigenvalue weighted by molar-refractivity contribution is 5.42. The smallest absolute Gasteiger partial charge is 0.119 e. The Labute approximate surface area is 166 Å². The van der Waals surface area contributed by atoms with Crippen molar-refractivity contribution in [2.45, 2.75) is 31.3 Å². The summed E-state index contributed by atoms with van der Waals surface area (Å²) in [5.41, 5.74) is 17.3. The highest BCUT2D eigenvalue weighted by Crippen LogP contribution is 2.32. The first-order chi connectivity index (χ1) is 13.8. The molecule has 144 valence electrons. The summed E-state index contributed by atoms with van der Waals surface area (Å²) in [5.74, 6) is 0.930.